The largest absolute Gasteiger partial charge is 0.494 e. The fourth-order valence-corrected chi connectivity index (χ4v) is 4.32. The predicted octanol–water partition coefficient (Wildman–Crippen LogP) is 7.81. The first-order chi connectivity index (χ1) is 15.8. The van der Waals surface area contributed by atoms with E-state index in [0.717, 1.165) is 82.7 Å². The van der Waals surface area contributed by atoms with Gasteiger partial charge in [-0.05, 0) is 72.9 Å². The number of fused-ring (bicyclic) bond motifs is 3. The third kappa shape index (κ3) is 4.51. The summed E-state index contributed by atoms with van der Waals surface area (Å²) >= 11 is 6.41. The van der Waals surface area contributed by atoms with Crippen molar-refractivity contribution in [1.29, 1.82) is 0 Å². The highest BCUT2D eigenvalue weighted by Gasteiger charge is 2.08. The number of nitrogens with one attached hydrogen (secondary N) is 1. The zero-order chi connectivity index (χ0) is 21.8. The zero-order valence-electron chi connectivity index (χ0n) is 17.8. The molecule has 0 saturated heterocycles. The van der Waals surface area contributed by atoms with Gasteiger partial charge in [0, 0.05) is 22.0 Å². The summed E-state index contributed by atoms with van der Waals surface area (Å²) in [7, 11) is 0. The first-order valence-electron chi connectivity index (χ1n) is 11.1. The number of rotatable bonds is 9. The molecule has 4 nitrogen and oxygen atoms in total. The molecule has 0 aliphatic carbocycles. The van der Waals surface area contributed by atoms with E-state index in [9.17, 15) is 0 Å². The molecule has 5 aromatic rings. The number of nitrogens with zero attached hydrogens (tertiary/aromatic N) is 1. The van der Waals surface area contributed by atoms with Gasteiger partial charge in [0.25, 0.3) is 0 Å². The lowest BCUT2D eigenvalue weighted by molar-refractivity contribution is 0.305. The van der Waals surface area contributed by atoms with Crippen LogP contribution in [0.3, 0.4) is 0 Å². The van der Waals surface area contributed by atoms with Gasteiger partial charge in [0.2, 0.25) is 0 Å². The molecule has 2 heterocycles. The van der Waals surface area contributed by atoms with Crippen LogP contribution in [-0.4, -0.2) is 16.8 Å². The maximum atomic E-state index is 6.41. The van der Waals surface area contributed by atoms with Crippen LogP contribution >= 0.6 is 11.6 Å². The number of H-pyrrole nitrogens is 1. The van der Waals surface area contributed by atoms with Crippen LogP contribution in [0.15, 0.2) is 77.3 Å². The Balaban J connectivity index is 1.08. The van der Waals surface area contributed by atoms with Gasteiger partial charge in [-0.3, -0.25) is 5.10 Å². The van der Waals surface area contributed by atoms with Crippen molar-refractivity contribution in [2.24, 2.45) is 0 Å². The van der Waals surface area contributed by atoms with Gasteiger partial charge in [-0.25, -0.2) is 0 Å². The molecule has 0 amide bonds. The second-order valence-electron chi connectivity index (χ2n) is 8.05. The Morgan fingerprint density at radius 3 is 2.62 bits per heavy atom. The van der Waals surface area contributed by atoms with Crippen LogP contribution in [0.4, 0.5) is 0 Å². The predicted molar refractivity (Wildman–Crippen MR) is 130 cm³/mol. The van der Waals surface area contributed by atoms with Gasteiger partial charge in [0.1, 0.15) is 16.9 Å². The van der Waals surface area contributed by atoms with E-state index in [2.05, 4.69) is 28.4 Å². The summed E-state index contributed by atoms with van der Waals surface area (Å²) in [6, 6.07) is 22.3. The van der Waals surface area contributed by atoms with E-state index >= 15 is 0 Å². The smallest absolute Gasteiger partial charge is 0.135 e. The number of halogens is 1. The van der Waals surface area contributed by atoms with Gasteiger partial charge in [-0.15, -0.1) is 0 Å². The summed E-state index contributed by atoms with van der Waals surface area (Å²) in [5.41, 5.74) is 5.14. The maximum absolute atomic E-state index is 6.41. The summed E-state index contributed by atoms with van der Waals surface area (Å²) in [4.78, 5) is 0. The fourth-order valence-electron chi connectivity index (χ4n) is 4.11. The lowest BCUT2D eigenvalue weighted by atomic mass is 10.0. The van der Waals surface area contributed by atoms with E-state index < -0.39 is 0 Å². The topological polar surface area (TPSA) is 51.0 Å². The number of para-hydroxylation sites is 1. The average Bonchev–Trinajstić information content (AvgIpc) is 3.47. The Bertz CT molecular complexity index is 1320. The molecule has 0 spiro atoms. The minimum absolute atomic E-state index is 0.720. The Hall–Kier alpha value is -3.24. The van der Waals surface area contributed by atoms with Crippen LogP contribution in [0.5, 0.6) is 5.75 Å². The summed E-state index contributed by atoms with van der Waals surface area (Å²) < 4.78 is 11.9. The van der Waals surface area contributed by atoms with E-state index in [1.165, 1.54) is 5.56 Å². The summed E-state index contributed by atoms with van der Waals surface area (Å²) in [5.74, 6) is 0.895. The van der Waals surface area contributed by atoms with Gasteiger partial charge in [-0.2, -0.15) is 5.10 Å². The molecular formula is C27H25ClN2O2. The van der Waals surface area contributed by atoms with Gasteiger partial charge in [0.05, 0.1) is 12.3 Å². The molecule has 0 saturated carbocycles. The molecule has 0 radical (unpaired) electrons. The molecule has 1 N–H and O–H groups in total. The molecule has 0 aliphatic rings. The standard InChI is InChI=1S/C27H25ClN2O2/c28-24-12-10-20(25-14-15-29-30-25)17-19(24)7-3-1-2-6-16-31-21-11-13-27-23(18-21)22-8-4-5-9-26(22)32-27/h4-5,8-15,17-18H,1-3,6-7,16H2,(H,29,30). The van der Waals surface area contributed by atoms with E-state index in [4.69, 9.17) is 20.8 Å². The quantitative estimate of drug-likeness (QED) is 0.236. The minimum Gasteiger partial charge on any atom is -0.494 e. The van der Waals surface area contributed by atoms with Crippen molar-refractivity contribution in [2.45, 2.75) is 32.1 Å². The maximum Gasteiger partial charge on any atom is 0.135 e. The molecule has 32 heavy (non-hydrogen) atoms. The van der Waals surface area contributed by atoms with Crippen LogP contribution in [0, 0.1) is 0 Å². The third-order valence-electron chi connectivity index (χ3n) is 5.81. The normalized spacial score (nSPS) is 11.4. The number of unbranched alkanes of at least 4 members (excludes halogenated alkanes) is 3. The Labute approximate surface area is 192 Å². The highest BCUT2D eigenvalue weighted by Crippen LogP contribution is 2.31. The van der Waals surface area contributed by atoms with Crippen molar-refractivity contribution >= 4 is 33.5 Å². The summed E-state index contributed by atoms with van der Waals surface area (Å²) in [6.07, 6.45) is 7.17. The molecule has 0 unspecified atom stereocenters. The van der Waals surface area contributed by atoms with E-state index in [-0.39, 0.29) is 0 Å². The highest BCUT2D eigenvalue weighted by atomic mass is 35.5. The van der Waals surface area contributed by atoms with Gasteiger partial charge in [-0.1, -0.05) is 48.7 Å². The fraction of sp³-hybridized carbons (Fsp3) is 0.222. The molecule has 0 fully saturated rings. The van der Waals surface area contributed by atoms with E-state index in [0.29, 0.717) is 0 Å². The first-order valence-corrected chi connectivity index (χ1v) is 11.5. The van der Waals surface area contributed by atoms with Gasteiger partial charge < -0.3 is 9.15 Å². The number of hydrogen-bond donors (Lipinski definition) is 1. The van der Waals surface area contributed by atoms with Gasteiger partial charge >= 0.3 is 0 Å². The molecule has 3 aromatic carbocycles. The number of aryl methyl sites for hydroxylation is 1. The lowest BCUT2D eigenvalue weighted by Crippen LogP contribution is -1.97. The molecule has 162 valence electrons. The van der Waals surface area contributed by atoms with Crippen LogP contribution in [0.25, 0.3) is 33.2 Å². The van der Waals surface area contributed by atoms with Gasteiger partial charge in [0.15, 0.2) is 0 Å². The number of aromatic nitrogens is 2. The van der Waals surface area contributed by atoms with Crippen molar-refractivity contribution in [3.8, 4) is 17.0 Å². The summed E-state index contributed by atoms with van der Waals surface area (Å²) in [6.45, 7) is 0.720. The molecule has 0 atom stereocenters. The van der Waals surface area contributed by atoms with Crippen LogP contribution in [-0.2, 0) is 6.42 Å². The number of hydrogen-bond acceptors (Lipinski definition) is 3. The van der Waals surface area contributed by atoms with Crippen molar-refractivity contribution in [3.05, 3.63) is 83.5 Å². The van der Waals surface area contributed by atoms with Crippen LogP contribution < -0.4 is 4.74 Å². The minimum atomic E-state index is 0.720. The average molecular weight is 445 g/mol. The van der Waals surface area contributed by atoms with Crippen molar-refractivity contribution in [1.82, 2.24) is 10.2 Å². The number of furan rings is 1. The SMILES string of the molecule is Clc1ccc(-c2ccn[nH]2)cc1CCCCCCOc1ccc2oc3ccccc3c2c1. The zero-order valence-corrected chi connectivity index (χ0v) is 18.6. The molecule has 0 aliphatic heterocycles. The Morgan fingerprint density at radius 1 is 0.844 bits per heavy atom. The van der Waals surface area contributed by atoms with E-state index in [1.54, 1.807) is 6.20 Å². The summed E-state index contributed by atoms with van der Waals surface area (Å²) in [5, 5.41) is 10.1. The highest BCUT2D eigenvalue weighted by molar-refractivity contribution is 6.31. The number of ether oxygens (including phenoxy) is 1. The number of aromatic amines is 1. The lowest BCUT2D eigenvalue weighted by Gasteiger charge is -2.08. The van der Waals surface area contributed by atoms with Crippen molar-refractivity contribution in [2.75, 3.05) is 6.61 Å². The molecule has 5 rings (SSSR count). The third-order valence-corrected chi connectivity index (χ3v) is 6.18. The Kier molecular flexibility index (Phi) is 6.13. The Morgan fingerprint density at radius 2 is 1.72 bits per heavy atom. The van der Waals surface area contributed by atoms with Crippen LogP contribution in [0.2, 0.25) is 5.02 Å². The monoisotopic (exact) mass is 444 g/mol. The molecule has 0 bridgehead atoms. The molecular weight excluding hydrogens is 420 g/mol. The second-order valence-corrected chi connectivity index (χ2v) is 8.45. The van der Waals surface area contributed by atoms with Crippen molar-refractivity contribution < 1.29 is 9.15 Å². The van der Waals surface area contributed by atoms with Crippen LogP contribution in [0.1, 0.15) is 31.2 Å². The molecule has 2 aromatic heterocycles. The second kappa shape index (κ2) is 9.49. The van der Waals surface area contributed by atoms with Crippen molar-refractivity contribution in [3.63, 3.8) is 0 Å². The molecule has 5 heteroatoms. The first kappa shape index (κ1) is 20.7. The number of benzene rings is 3. The van der Waals surface area contributed by atoms with E-state index in [1.807, 2.05) is 48.5 Å².